The average molecular weight is 283 g/mol. The summed E-state index contributed by atoms with van der Waals surface area (Å²) in [6.45, 7) is 8.64. The lowest BCUT2D eigenvalue weighted by atomic mass is 9.78. The van der Waals surface area contributed by atoms with Crippen LogP contribution >= 0.6 is 0 Å². The van der Waals surface area contributed by atoms with Gasteiger partial charge in [-0.2, -0.15) is 0 Å². The molecule has 1 aliphatic carbocycles. The standard InChI is InChI=1S/C16H29NO3/c1-4-17(15-10-20-9-14(15)16(18)19)13-7-5-6-12(8-13)11(2)3/h11-15H,4-10H2,1-3H3,(H,18,19). The molecule has 4 unspecified atom stereocenters. The van der Waals surface area contributed by atoms with Gasteiger partial charge in [-0.1, -0.05) is 33.6 Å². The molecule has 0 aromatic heterocycles. The van der Waals surface area contributed by atoms with Gasteiger partial charge in [0, 0.05) is 12.1 Å². The average Bonchev–Trinajstić information content (AvgIpc) is 2.89. The van der Waals surface area contributed by atoms with Crippen LogP contribution in [0.1, 0.15) is 46.5 Å². The number of ether oxygens (including phenoxy) is 1. The lowest BCUT2D eigenvalue weighted by molar-refractivity contribution is -0.143. The summed E-state index contributed by atoms with van der Waals surface area (Å²) in [6, 6.07) is 0.600. The van der Waals surface area contributed by atoms with Gasteiger partial charge < -0.3 is 9.84 Å². The minimum Gasteiger partial charge on any atom is -0.481 e. The molecule has 0 bridgehead atoms. The molecule has 2 aliphatic rings. The third-order valence-electron chi connectivity index (χ3n) is 5.26. The second kappa shape index (κ2) is 6.90. The van der Waals surface area contributed by atoms with Gasteiger partial charge in [0.25, 0.3) is 0 Å². The Morgan fingerprint density at radius 3 is 2.70 bits per heavy atom. The maximum Gasteiger partial charge on any atom is 0.310 e. The van der Waals surface area contributed by atoms with Crippen LogP contribution in [0.4, 0.5) is 0 Å². The highest BCUT2D eigenvalue weighted by molar-refractivity contribution is 5.71. The van der Waals surface area contributed by atoms with Crippen molar-refractivity contribution in [3.8, 4) is 0 Å². The molecule has 4 nitrogen and oxygen atoms in total. The van der Waals surface area contributed by atoms with Crippen molar-refractivity contribution in [3.05, 3.63) is 0 Å². The third kappa shape index (κ3) is 3.34. The smallest absolute Gasteiger partial charge is 0.310 e. The molecule has 0 amide bonds. The van der Waals surface area contributed by atoms with Crippen LogP contribution in [0.2, 0.25) is 0 Å². The predicted octanol–water partition coefficient (Wildman–Crippen LogP) is 2.62. The van der Waals surface area contributed by atoms with E-state index in [-0.39, 0.29) is 12.0 Å². The summed E-state index contributed by atoms with van der Waals surface area (Å²) in [5.74, 6) is 0.455. The molecule has 1 N–H and O–H groups in total. The summed E-state index contributed by atoms with van der Waals surface area (Å²) < 4.78 is 5.46. The van der Waals surface area contributed by atoms with E-state index < -0.39 is 5.97 Å². The summed E-state index contributed by atoms with van der Waals surface area (Å²) >= 11 is 0. The van der Waals surface area contributed by atoms with Gasteiger partial charge in [-0.05, 0) is 31.2 Å². The molecule has 116 valence electrons. The first-order valence-electron chi connectivity index (χ1n) is 8.10. The van der Waals surface area contributed by atoms with Gasteiger partial charge in [-0.3, -0.25) is 9.69 Å². The molecule has 1 heterocycles. The molecular formula is C16H29NO3. The second-order valence-electron chi connectivity index (χ2n) is 6.70. The Balaban J connectivity index is 2.05. The number of nitrogens with zero attached hydrogens (tertiary/aromatic N) is 1. The number of aliphatic carboxylic acids is 1. The molecule has 2 rings (SSSR count). The molecule has 1 saturated carbocycles. The number of rotatable bonds is 5. The SMILES string of the molecule is CCN(C1CCCC(C(C)C)C1)C1COCC1C(=O)O. The number of likely N-dealkylation sites (N-methyl/N-ethyl adjacent to an activating group) is 1. The highest BCUT2D eigenvalue weighted by atomic mass is 16.5. The first-order chi connectivity index (χ1) is 9.54. The molecule has 4 atom stereocenters. The van der Waals surface area contributed by atoms with Crippen LogP contribution in [0.3, 0.4) is 0 Å². The van der Waals surface area contributed by atoms with Gasteiger partial charge in [0.15, 0.2) is 0 Å². The maximum absolute atomic E-state index is 11.4. The number of hydrogen-bond donors (Lipinski definition) is 1. The second-order valence-corrected chi connectivity index (χ2v) is 6.70. The van der Waals surface area contributed by atoms with Crippen LogP contribution < -0.4 is 0 Å². The normalized spacial score (nSPS) is 34.9. The molecule has 0 spiro atoms. The first kappa shape index (κ1) is 15.8. The number of hydrogen-bond acceptors (Lipinski definition) is 3. The summed E-state index contributed by atoms with van der Waals surface area (Å²) in [4.78, 5) is 13.8. The summed E-state index contributed by atoms with van der Waals surface area (Å²) in [6.07, 6.45) is 5.03. The van der Waals surface area contributed by atoms with E-state index in [4.69, 9.17) is 4.74 Å². The fourth-order valence-corrected chi connectivity index (χ4v) is 3.98. The summed E-state index contributed by atoms with van der Waals surface area (Å²) in [5, 5.41) is 9.36. The largest absolute Gasteiger partial charge is 0.481 e. The maximum atomic E-state index is 11.4. The van der Waals surface area contributed by atoms with Gasteiger partial charge in [0.05, 0.1) is 19.1 Å². The van der Waals surface area contributed by atoms with Gasteiger partial charge in [0.2, 0.25) is 0 Å². The zero-order valence-corrected chi connectivity index (χ0v) is 13.0. The predicted molar refractivity (Wildman–Crippen MR) is 78.7 cm³/mol. The van der Waals surface area contributed by atoms with E-state index in [2.05, 4.69) is 25.7 Å². The number of carboxylic acid groups (broad SMARTS) is 1. The van der Waals surface area contributed by atoms with Crippen LogP contribution in [0.5, 0.6) is 0 Å². The zero-order chi connectivity index (χ0) is 14.7. The molecule has 1 saturated heterocycles. The molecule has 0 aromatic rings. The molecular weight excluding hydrogens is 254 g/mol. The lowest BCUT2D eigenvalue weighted by Gasteiger charge is -2.42. The highest BCUT2D eigenvalue weighted by Crippen LogP contribution is 2.35. The van der Waals surface area contributed by atoms with Gasteiger partial charge >= 0.3 is 5.97 Å². The fraction of sp³-hybridized carbons (Fsp3) is 0.938. The van der Waals surface area contributed by atoms with Crippen molar-refractivity contribution in [2.75, 3.05) is 19.8 Å². The van der Waals surface area contributed by atoms with Crippen molar-refractivity contribution in [2.45, 2.75) is 58.5 Å². The van der Waals surface area contributed by atoms with Gasteiger partial charge in [0.1, 0.15) is 0 Å². The third-order valence-corrected chi connectivity index (χ3v) is 5.26. The molecule has 20 heavy (non-hydrogen) atoms. The summed E-state index contributed by atoms with van der Waals surface area (Å²) in [7, 11) is 0. The Bertz CT molecular complexity index is 332. The van der Waals surface area contributed by atoms with E-state index in [1.165, 1.54) is 25.7 Å². The van der Waals surface area contributed by atoms with Crippen LogP contribution in [0.15, 0.2) is 0 Å². The van der Waals surface area contributed by atoms with Crippen LogP contribution in [-0.2, 0) is 9.53 Å². The van der Waals surface area contributed by atoms with E-state index in [1.807, 2.05) is 0 Å². The van der Waals surface area contributed by atoms with E-state index >= 15 is 0 Å². The Morgan fingerprint density at radius 1 is 1.35 bits per heavy atom. The molecule has 2 fully saturated rings. The van der Waals surface area contributed by atoms with Crippen LogP contribution in [0.25, 0.3) is 0 Å². The Labute approximate surface area is 122 Å². The Kier molecular flexibility index (Phi) is 5.44. The van der Waals surface area contributed by atoms with Gasteiger partial charge in [-0.25, -0.2) is 0 Å². The number of carboxylic acids is 1. The minimum atomic E-state index is -0.706. The van der Waals surface area contributed by atoms with Crippen LogP contribution in [-0.4, -0.2) is 47.8 Å². The monoisotopic (exact) mass is 283 g/mol. The quantitative estimate of drug-likeness (QED) is 0.842. The van der Waals surface area contributed by atoms with Gasteiger partial charge in [-0.15, -0.1) is 0 Å². The van der Waals surface area contributed by atoms with E-state index in [0.717, 1.165) is 18.4 Å². The first-order valence-corrected chi connectivity index (χ1v) is 8.10. The van der Waals surface area contributed by atoms with Crippen molar-refractivity contribution < 1.29 is 14.6 Å². The fourth-order valence-electron chi connectivity index (χ4n) is 3.98. The molecule has 0 radical (unpaired) electrons. The Morgan fingerprint density at radius 2 is 2.10 bits per heavy atom. The topological polar surface area (TPSA) is 49.8 Å². The van der Waals surface area contributed by atoms with Crippen molar-refractivity contribution in [1.82, 2.24) is 4.90 Å². The molecule has 0 aromatic carbocycles. The summed E-state index contributed by atoms with van der Waals surface area (Å²) in [5.41, 5.74) is 0. The van der Waals surface area contributed by atoms with Crippen molar-refractivity contribution in [3.63, 3.8) is 0 Å². The lowest BCUT2D eigenvalue weighted by Crippen LogP contribution is -2.50. The van der Waals surface area contributed by atoms with E-state index in [0.29, 0.717) is 19.3 Å². The van der Waals surface area contributed by atoms with Crippen molar-refractivity contribution >= 4 is 5.97 Å². The van der Waals surface area contributed by atoms with Crippen LogP contribution in [0, 0.1) is 17.8 Å². The van der Waals surface area contributed by atoms with Crippen molar-refractivity contribution in [2.24, 2.45) is 17.8 Å². The highest BCUT2D eigenvalue weighted by Gasteiger charge is 2.41. The van der Waals surface area contributed by atoms with E-state index in [1.54, 1.807) is 0 Å². The molecule has 4 heteroatoms. The van der Waals surface area contributed by atoms with Crippen molar-refractivity contribution in [1.29, 1.82) is 0 Å². The number of carbonyl (C=O) groups is 1. The Hall–Kier alpha value is -0.610. The zero-order valence-electron chi connectivity index (χ0n) is 13.0. The van der Waals surface area contributed by atoms with E-state index in [9.17, 15) is 9.90 Å². The minimum absolute atomic E-state index is 0.0633. The molecule has 1 aliphatic heterocycles.